The molecule has 1 aliphatic heterocycles. The number of ether oxygens (including phenoxy) is 2. The zero-order chi connectivity index (χ0) is 23.2. The van der Waals surface area contributed by atoms with Gasteiger partial charge in [0, 0.05) is 22.1 Å². The van der Waals surface area contributed by atoms with E-state index in [0.717, 1.165) is 33.8 Å². The maximum atomic E-state index is 13.8. The largest absolute Gasteiger partial charge is 0.497 e. The van der Waals surface area contributed by atoms with Crippen LogP contribution >= 0.6 is 22.7 Å². The molecule has 0 fully saturated rings. The average Bonchev–Trinajstić information content (AvgIpc) is 3.51. The third kappa shape index (κ3) is 3.35. The Labute approximate surface area is 204 Å². The van der Waals surface area contributed by atoms with Crippen molar-refractivity contribution in [1.29, 1.82) is 0 Å². The van der Waals surface area contributed by atoms with Gasteiger partial charge in [0.05, 0.1) is 30.5 Å². The first-order valence-electron chi connectivity index (χ1n) is 11.1. The number of aromatic nitrogens is 1. The summed E-state index contributed by atoms with van der Waals surface area (Å²) in [6.45, 7) is 0. The first kappa shape index (κ1) is 21.1. The molecular weight excluding hydrogens is 464 g/mol. The predicted molar refractivity (Wildman–Crippen MR) is 137 cm³/mol. The molecule has 2 aromatic carbocycles. The summed E-state index contributed by atoms with van der Waals surface area (Å²) in [5, 5.41) is 2.07. The van der Waals surface area contributed by atoms with Gasteiger partial charge in [-0.05, 0) is 53.6 Å². The van der Waals surface area contributed by atoms with Gasteiger partial charge in [0.25, 0.3) is 5.56 Å². The summed E-state index contributed by atoms with van der Waals surface area (Å²) in [6.07, 6.45) is 3.75. The van der Waals surface area contributed by atoms with Crippen molar-refractivity contribution in [2.24, 2.45) is 4.99 Å². The van der Waals surface area contributed by atoms with Crippen molar-refractivity contribution in [3.63, 3.8) is 0 Å². The lowest BCUT2D eigenvalue weighted by Gasteiger charge is -2.30. The zero-order valence-electron chi connectivity index (χ0n) is 18.8. The molecule has 0 saturated heterocycles. The summed E-state index contributed by atoms with van der Waals surface area (Å²) in [5.41, 5.74) is 5.55. The monoisotopic (exact) mass is 486 g/mol. The number of hydrogen-bond donors (Lipinski definition) is 0. The fraction of sp³-hybridized carbons (Fsp3) is 0.185. The molecule has 1 atom stereocenters. The molecule has 5 nitrogen and oxygen atoms in total. The SMILES string of the molecule is COc1ccc(C=c2sc3n(c2=O)[C@@H](c2cccs2)C2=C(N=3)c3ccccc3CC2)c(OC)c1. The fourth-order valence-electron chi connectivity index (χ4n) is 4.80. The van der Waals surface area contributed by atoms with Gasteiger partial charge in [-0.2, -0.15) is 0 Å². The molecule has 3 heterocycles. The van der Waals surface area contributed by atoms with Gasteiger partial charge >= 0.3 is 0 Å². The standard InChI is InChI=1S/C27H22N2O3S2/c1-31-18-11-9-17(21(15-18)32-2)14-23-26(30)29-25(22-8-5-13-33-22)20-12-10-16-6-3-4-7-19(16)24(20)28-27(29)34-23/h3-9,11,13-15,25H,10,12H2,1-2H3/t25-/m1/s1. The van der Waals surface area contributed by atoms with Gasteiger partial charge in [-0.1, -0.05) is 41.7 Å². The topological polar surface area (TPSA) is 52.8 Å². The van der Waals surface area contributed by atoms with Crippen molar-refractivity contribution < 1.29 is 9.47 Å². The first-order chi connectivity index (χ1) is 16.7. The lowest BCUT2D eigenvalue weighted by Crippen LogP contribution is -2.38. The molecule has 0 unspecified atom stereocenters. The molecule has 4 aromatic rings. The van der Waals surface area contributed by atoms with Crippen LogP contribution in [0.15, 0.2) is 75.3 Å². The van der Waals surface area contributed by atoms with E-state index in [-0.39, 0.29) is 11.6 Å². The van der Waals surface area contributed by atoms with Crippen LogP contribution in [-0.2, 0) is 6.42 Å². The van der Waals surface area contributed by atoms with Gasteiger partial charge in [-0.25, -0.2) is 4.99 Å². The van der Waals surface area contributed by atoms with Gasteiger partial charge in [-0.15, -0.1) is 11.3 Å². The van der Waals surface area contributed by atoms with Gasteiger partial charge in [0.15, 0.2) is 4.80 Å². The number of aryl methyl sites for hydroxylation is 1. The highest BCUT2D eigenvalue weighted by atomic mass is 32.1. The Bertz CT molecular complexity index is 1610. The Morgan fingerprint density at radius 2 is 1.94 bits per heavy atom. The van der Waals surface area contributed by atoms with Crippen LogP contribution in [-0.4, -0.2) is 18.8 Å². The van der Waals surface area contributed by atoms with Crippen molar-refractivity contribution in [3.05, 3.63) is 107 Å². The third-order valence-electron chi connectivity index (χ3n) is 6.41. The molecule has 6 rings (SSSR count). The minimum atomic E-state index is -0.125. The van der Waals surface area contributed by atoms with Crippen LogP contribution in [0.5, 0.6) is 11.5 Å². The molecule has 7 heteroatoms. The number of nitrogens with zero attached hydrogens (tertiary/aromatic N) is 2. The molecule has 0 bridgehead atoms. The smallest absolute Gasteiger partial charge is 0.271 e. The number of thiazole rings is 1. The number of methoxy groups -OCH3 is 2. The number of benzene rings is 2. The molecule has 34 heavy (non-hydrogen) atoms. The van der Waals surface area contributed by atoms with Crippen molar-refractivity contribution in [2.75, 3.05) is 14.2 Å². The fourth-order valence-corrected chi connectivity index (χ4v) is 6.64. The van der Waals surface area contributed by atoms with E-state index in [1.807, 2.05) is 28.8 Å². The Balaban J connectivity index is 1.59. The molecule has 1 aliphatic carbocycles. The predicted octanol–water partition coefficient (Wildman–Crippen LogP) is 4.40. The highest BCUT2D eigenvalue weighted by Crippen LogP contribution is 2.42. The zero-order valence-corrected chi connectivity index (χ0v) is 20.4. The second kappa shape index (κ2) is 8.42. The maximum Gasteiger partial charge on any atom is 0.271 e. The van der Waals surface area contributed by atoms with Gasteiger partial charge in [0.2, 0.25) is 0 Å². The molecule has 0 N–H and O–H groups in total. The first-order valence-corrected chi connectivity index (χ1v) is 12.8. The maximum absolute atomic E-state index is 13.8. The average molecular weight is 487 g/mol. The summed E-state index contributed by atoms with van der Waals surface area (Å²) in [7, 11) is 3.24. The molecular formula is C27H22N2O3S2. The minimum Gasteiger partial charge on any atom is -0.497 e. The number of hydrogen-bond acceptors (Lipinski definition) is 6. The van der Waals surface area contributed by atoms with Crippen LogP contribution in [0.2, 0.25) is 0 Å². The molecule has 170 valence electrons. The normalized spacial score (nSPS) is 17.0. The van der Waals surface area contributed by atoms with E-state index in [1.165, 1.54) is 28.0 Å². The molecule has 2 aliphatic rings. The number of rotatable bonds is 4. The Morgan fingerprint density at radius 1 is 1.06 bits per heavy atom. The van der Waals surface area contributed by atoms with Gasteiger partial charge in [0.1, 0.15) is 11.5 Å². The van der Waals surface area contributed by atoms with Crippen molar-refractivity contribution in [2.45, 2.75) is 18.9 Å². The van der Waals surface area contributed by atoms with E-state index < -0.39 is 0 Å². The second-order valence-corrected chi connectivity index (χ2v) is 10.2. The summed E-state index contributed by atoms with van der Waals surface area (Å²) >= 11 is 3.12. The molecule has 0 radical (unpaired) electrons. The summed E-state index contributed by atoms with van der Waals surface area (Å²) in [6, 6.07) is 18.1. The number of fused-ring (bicyclic) bond motifs is 3. The van der Waals surface area contributed by atoms with Crippen molar-refractivity contribution in [1.82, 2.24) is 4.57 Å². The van der Waals surface area contributed by atoms with E-state index >= 15 is 0 Å². The van der Waals surface area contributed by atoms with Crippen LogP contribution in [0, 0.1) is 0 Å². The van der Waals surface area contributed by atoms with E-state index in [4.69, 9.17) is 14.5 Å². The lowest BCUT2D eigenvalue weighted by molar-refractivity contribution is 0.393. The minimum absolute atomic E-state index is 0.0228. The van der Waals surface area contributed by atoms with Crippen molar-refractivity contribution in [3.8, 4) is 11.5 Å². The lowest BCUT2D eigenvalue weighted by atomic mass is 9.85. The molecule has 0 saturated carbocycles. The third-order valence-corrected chi connectivity index (χ3v) is 8.32. The van der Waals surface area contributed by atoms with Crippen LogP contribution in [0.3, 0.4) is 0 Å². The van der Waals surface area contributed by atoms with E-state index in [9.17, 15) is 4.79 Å². The summed E-state index contributed by atoms with van der Waals surface area (Å²) in [5.74, 6) is 1.37. The second-order valence-electron chi connectivity index (χ2n) is 8.24. The van der Waals surface area contributed by atoms with Gasteiger partial charge in [-0.3, -0.25) is 9.36 Å². The molecule has 0 spiro atoms. The quantitative estimate of drug-likeness (QED) is 0.430. The van der Waals surface area contributed by atoms with Crippen LogP contribution in [0.25, 0.3) is 11.8 Å². The number of thiophene rings is 1. The highest BCUT2D eigenvalue weighted by molar-refractivity contribution is 7.10. The Hall–Kier alpha value is -3.42. The van der Waals surface area contributed by atoms with E-state index in [1.54, 1.807) is 25.6 Å². The highest BCUT2D eigenvalue weighted by Gasteiger charge is 2.33. The number of allylic oxidation sites excluding steroid dienone is 1. The van der Waals surface area contributed by atoms with E-state index in [2.05, 4.69) is 41.8 Å². The van der Waals surface area contributed by atoms with E-state index in [0.29, 0.717) is 16.0 Å². The van der Waals surface area contributed by atoms with Gasteiger partial charge < -0.3 is 9.47 Å². The van der Waals surface area contributed by atoms with Crippen LogP contribution < -0.4 is 24.4 Å². The summed E-state index contributed by atoms with van der Waals surface area (Å²) in [4.78, 5) is 20.7. The van der Waals surface area contributed by atoms with Crippen LogP contribution in [0.4, 0.5) is 0 Å². The molecule has 0 amide bonds. The Morgan fingerprint density at radius 3 is 2.74 bits per heavy atom. The summed E-state index contributed by atoms with van der Waals surface area (Å²) < 4.78 is 13.4. The Kier molecular flexibility index (Phi) is 5.23. The van der Waals surface area contributed by atoms with Crippen LogP contribution in [0.1, 0.15) is 34.0 Å². The van der Waals surface area contributed by atoms with Crippen molar-refractivity contribution >= 4 is 34.4 Å². The molecule has 2 aromatic heterocycles.